The highest BCUT2D eigenvalue weighted by molar-refractivity contribution is 6.20. The minimum Gasteiger partial charge on any atom is -0.342 e. The number of hydrogen-bond donors (Lipinski definition) is 2. The molecular formula is C32H29F3N8O2. The second-order valence-corrected chi connectivity index (χ2v) is 10.9. The fourth-order valence-corrected chi connectivity index (χ4v) is 5.96. The van der Waals surface area contributed by atoms with Crippen LogP contribution in [0.1, 0.15) is 29.5 Å². The molecule has 2 N–H and O–H groups in total. The second kappa shape index (κ2) is 12.3. The number of benzodiazepines with no additional fused rings is 1. The van der Waals surface area contributed by atoms with E-state index in [-0.39, 0.29) is 23.7 Å². The summed E-state index contributed by atoms with van der Waals surface area (Å²) in [4.78, 5) is 39.5. The Morgan fingerprint density at radius 3 is 2.42 bits per heavy atom. The third kappa shape index (κ3) is 6.31. The third-order valence-electron chi connectivity index (χ3n) is 8.08. The molecule has 10 nitrogen and oxygen atoms in total. The Morgan fingerprint density at radius 2 is 1.69 bits per heavy atom. The number of fused-ring (bicyclic) bond motifs is 2. The zero-order chi connectivity index (χ0) is 31.6. The molecule has 3 heterocycles. The number of alkyl halides is 3. The van der Waals surface area contributed by atoms with Crippen LogP contribution in [0.2, 0.25) is 0 Å². The number of nitrogens with zero attached hydrogens (tertiary/aromatic N) is 6. The maximum Gasteiger partial charge on any atom is 0.406 e. The quantitative estimate of drug-likeness (QED) is 0.251. The molecule has 0 unspecified atom stereocenters. The molecule has 6 rings (SSSR count). The largest absolute Gasteiger partial charge is 0.406 e. The van der Waals surface area contributed by atoms with Crippen molar-refractivity contribution in [2.45, 2.75) is 37.8 Å². The van der Waals surface area contributed by atoms with E-state index in [2.05, 4.69) is 20.6 Å². The summed E-state index contributed by atoms with van der Waals surface area (Å²) in [7, 11) is 0. The Balaban J connectivity index is 1.26. The number of amides is 3. The molecule has 0 radical (unpaired) electrons. The van der Waals surface area contributed by atoms with Gasteiger partial charge in [0.1, 0.15) is 6.54 Å². The molecular weight excluding hydrogens is 585 g/mol. The maximum absolute atomic E-state index is 13.8. The zero-order valence-electron chi connectivity index (χ0n) is 24.0. The van der Waals surface area contributed by atoms with Gasteiger partial charge in [-0.1, -0.05) is 66.7 Å². The lowest BCUT2D eigenvalue weighted by molar-refractivity contribution is -0.133. The van der Waals surface area contributed by atoms with E-state index in [4.69, 9.17) is 0 Å². The number of aliphatic imine (C=N–C) groups is 2. The third-order valence-corrected chi connectivity index (χ3v) is 8.08. The van der Waals surface area contributed by atoms with Crippen LogP contribution in [0, 0.1) is 11.5 Å². The van der Waals surface area contributed by atoms with E-state index in [9.17, 15) is 28.0 Å². The van der Waals surface area contributed by atoms with Gasteiger partial charge in [-0.25, -0.2) is 9.79 Å². The van der Waals surface area contributed by atoms with Crippen molar-refractivity contribution >= 4 is 35.0 Å². The van der Waals surface area contributed by atoms with Gasteiger partial charge in [0.05, 0.1) is 11.4 Å². The van der Waals surface area contributed by atoms with Gasteiger partial charge in [0.15, 0.2) is 0 Å². The maximum atomic E-state index is 13.8. The summed E-state index contributed by atoms with van der Waals surface area (Å²) in [5.74, 6) is -0.910. The molecule has 0 spiro atoms. The van der Waals surface area contributed by atoms with Gasteiger partial charge in [-0.3, -0.25) is 9.69 Å². The number of carbonyl (C=O) groups is 2. The van der Waals surface area contributed by atoms with Crippen LogP contribution in [-0.2, 0) is 11.3 Å². The molecule has 230 valence electrons. The smallest absolute Gasteiger partial charge is 0.342 e. The van der Waals surface area contributed by atoms with E-state index in [0.29, 0.717) is 54.2 Å². The number of anilines is 2. The first-order valence-corrected chi connectivity index (χ1v) is 14.5. The van der Waals surface area contributed by atoms with Gasteiger partial charge < -0.3 is 20.4 Å². The molecule has 3 aromatic rings. The number of hydrogen-bond acceptors (Lipinski definition) is 5. The monoisotopic (exact) mass is 614 g/mol. The standard InChI is InChI=1S/C32H29F3N8O2/c33-32(34,35)19-43-26-13-7-5-11-24(26)27(21-8-2-1-3-9-21)39-28(29(43)44)40-30(37-20-36)41-16-14-23(15-17-41)42-18-22-10-4-6-12-25(22)38-31(42)45/h1-13,23,28H,14-19H2,(H,37,40)(H,38,45)/t28-/m0/s1. The van der Waals surface area contributed by atoms with Gasteiger partial charge in [0.2, 0.25) is 18.3 Å². The molecule has 3 aromatic carbocycles. The molecule has 1 fully saturated rings. The minimum absolute atomic E-state index is 0.0248. The van der Waals surface area contributed by atoms with Crippen LogP contribution in [0.5, 0.6) is 0 Å². The van der Waals surface area contributed by atoms with Crippen molar-refractivity contribution in [2.24, 2.45) is 9.98 Å². The average molecular weight is 615 g/mol. The second-order valence-electron chi connectivity index (χ2n) is 10.9. The van der Waals surface area contributed by atoms with E-state index >= 15 is 0 Å². The van der Waals surface area contributed by atoms with Crippen LogP contribution in [0.3, 0.4) is 0 Å². The SMILES string of the molecule is N#C/N=C(\N[C@@H]1N=C(c2ccccc2)c2ccccc2N(CC(F)(F)F)C1=O)N1CCC(N2Cc3ccccc3NC2=O)CC1. The first-order chi connectivity index (χ1) is 21.7. The highest BCUT2D eigenvalue weighted by Gasteiger charge is 2.40. The number of piperidine rings is 1. The number of guanidine groups is 1. The van der Waals surface area contributed by atoms with Gasteiger partial charge in [-0.05, 0) is 30.5 Å². The minimum atomic E-state index is -4.68. The summed E-state index contributed by atoms with van der Waals surface area (Å²) in [5, 5.41) is 15.4. The summed E-state index contributed by atoms with van der Waals surface area (Å²) >= 11 is 0. The normalized spacial score (nSPS) is 19.2. The number of para-hydroxylation sites is 2. The van der Waals surface area contributed by atoms with Crippen LogP contribution in [-0.4, -0.2) is 71.4 Å². The molecule has 0 aromatic heterocycles. The van der Waals surface area contributed by atoms with E-state index < -0.39 is 24.8 Å². The molecule has 3 amide bonds. The van der Waals surface area contributed by atoms with E-state index in [1.165, 1.54) is 6.07 Å². The number of likely N-dealkylation sites (tertiary alicyclic amines) is 1. The van der Waals surface area contributed by atoms with Gasteiger partial charge in [-0.2, -0.15) is 18.4 Å². The van der Waals surface area contributed by atoms with Gasteiger partial charge >= 0.3 is 12.2 Å². The Morgan fingerprint density at radius 1 is 1.00 bits per heavy atom. The number of carbonyl (C=O) groups excluding carboxylic acids is 2. The molecule has 3 aliphatic heterocycles. The van der Waals surface area contributed by atoms with Crippen LogP contribution < -0.4 is 15.5 Å². The van der Waals surface area contributed by atoms with Crippen LogP contribution in [0.25, 0.3) is 0 Å². The number of halogens is 3. The molecule has 0 bridgehead atoms. The van der Waals surface area contributed by atoms with Crippen molar-refractivity contribution < 1.29 is 22.8 Å². The Hall–Kier alpha value is -5.38. The van der Waals surface area contributed by atoms with Crippen LogP contribution in [0.4, 0.5) is 29.3 Å². The van der Waals surface area contributed by atoms with Crippen LogP contribution >= 0.6 is 0 Å². The predicted octanol–water partition coefficient (Wildman–Crippen LogP) is 4.70. The highest BCUT2D eigenvalue weighted by atomic mass is 19.4. The Labute approximate surface area is 257 Å². The Bertz CT molecular complexity index is 1690. The number of nitriles is 1. The summed E-state index contributed by atoms with van der Waals surface area (Å²) in [6.07, 6.45) is -3.36. The van der Waals surface area contributed by atoms with Crippen molar-refractivity contribution in [1.82, 2.24) is 15.1 Å². The van der Waals surface area contributed by atoms with Gasteiger partial charge in [0, 0.05) is 42.5 Å². The lowest BCUT2D eigenvalue weighted by atomic mass is 10.0. The summed E-state index contributed by atoms with van der Waals surface area (Å²) < 4.78 is 41.4. The molecule has 3 aliphatic rings. The van der Waals surface area contributed by atoms with Crippen molar-refractivity contribution in [1.29, 1.82) is 5.26 Å². The highest BCUT2D eigenvalue weighted by Crippen LogP contribution is 2.32. The number of urea groups is 1. The molecule has 1 atom stereocenters. The number of rotatable bonds is 4. The number of nitrogens with one attached hydrogen (secondary N) is 2. The van der Waals surface area contributed by atoms with Gasteiger partial charge in [0.25, 0.3) is 5.91 Å². The molecule has 0 aliphatic carbocycles. The summed E-state index contributed by atoms with van der Waals surface area (Å²) in [6.45, 7) is -0.290. The fourth-order valence-electron chi connectivity index (χ4n) is 5.96. The van der Waals surface area contributed by atoms with Crippen molar-refractivity contribution in [3.8, 4) is 6.19 Å². The first-order valence-electron chi connectivity index (χ1n) is 14.5. The fraction of sp³-hybridized carbons (Fsp3) is 0.281. The van der Waals surface area contributed by atoms with Gasteiger partial charge in [-0.15, -0.1) is 4.99 Å². The molecule has 13 heteroatoms. The van der Waals surface area contributed by atoms with Crippen molar-refractivity contribution in [3.05, 3.63) is 95.6 Å². The van der Waals surface area contributed by atoms with E-state index in [1.807, 2.05) is 24.3 Å². The van der Waals surface area contributed by atoms with E-state index in [1.54, 1.807) is 64.5 Å². The topological polar surface area (TPSA) is 116 Å². The molecule has 1 saturated heterocycles. The summed E-state index contributed by atoms with van der Waals surface area (Å²) in [6, 6.07) is 22.6. The lowest BCUT2D eigenvalue weighted by Crippen LogP contribution is -2.56. The van der Waals surface area contributed by atoms with Crippen molar-refractivity contribution in [3.63, 3.8) is 0 Å². The summed E-state index contributed by atoms with van der Waals surface area (Å²) in [5.41, 5.74) is 3.18. The average Bonchev–Trinajstić information content (AvgIpc) is 3.15. The van der Waals surface area contributed by atoms with Crippen molar-refractivity contribution in [2.75, 3.05) is 29.9 Å². The lowest BCUT2D eigenvalue weighted by Gasteiger charge is -2.41. The number of benzene rings is 3. The van der Waals surface area contributed by atoms with Crippen LogP contribution in [0.15, 0.2) is 88.8 Å². The first kappa shape index (κ1) is 29.7. The van der Waals surface area contributed by atoms with E-state index in [0.717, 1.165) is 11.3 Å². The Kier molecular flexibility index (Phi) is 8.12. The zero-order valence-corrected chi connectivity index (χ0v) is 24.0. The molecule has 0 saturated carbocycles. The molecule has 45 heavy (non-hydrogen) atoms. The predicted molar refractivity (Wildman–Crippen MR) is 163 cm³/mol.